The Bertz CT molecular complexity index is 644. The van der Waals surface area contributed by atoms with E-state index in [4.69, 9.17) is 21.9 Å². The summed E-state index contributed by atoms with van der Waals surface area (Å²) in [5, 5.41) is 0. The number of nitrogens with two attached hydrogens (primary N) is 3. The maximum absolute atomic E-state index is 12.0. The number of benzene rings is 1. The number of rotatable bonds is 8. The third-order valence-corrected chi connectivity index (χ3v) is 3.90. The number of sulfonamides is 1. The van der Waals surface area contributed by atoms with E-state index in [-0.39, 0.29) is 35.9 Å². The van der Waals surface area contributed by atoms with E-state index in [2.05, 4.69) is 4.72 Å². The van der Waals surface area contributed by atoms with Gasteiger partial charge in [-0.25, -0.2) is 13.1 Å². The molecule has 0 aliphatic rings. The number of primary amides is 2. The van der Waals surface area contributed by atoms with E-state index in [9.17, 15) is 18.0 Å². The average molecular weight is 316 g/mol. The van der Waals surface area contributed by atoms with Crippen LogP contribution in [0.5, 0.6) is 0 Å². The molecule has 0 radical (unpaired) electrons. The van der Waals surface area contributed by atoms with Crippen LogP contribution in [0.1, 0.15) is 10.4 Å². The van der Waals surface area contributed by atoms with Crippen LogP contribution >= 0.6 is 0 Å². The van der Waals surface area contributed by atoms with E-state index >= 15 is 0 Å². The van der Waals surface area contributed by atoms with Crippen molar-refractivity contribution in [2.24, 2.45) is 11.5 Å². The first-order valence-corrected chi connectivity index (χ1v) is 7.27. The van der Waals surface area contributed by atoms with Crippen molar-refractivity contribution in [1.29, 1.82) is 0 Å². The Morgan fingerprint density at radius 2 is 1.90 bits per heavy atom. The smallest absolute Gasteiger partial charge is 0.248 e. The van der Waals surface area contributed by atoms with Crippen molar-refractivity contribution in [3.8, 4) is 0 Å². The van der Waals surface area contributed by atoms with Crippen LogP contribution in [0.2, 0.25) is 0 Å². The number of anilines is 1. The van der Waals surface area contributed by atoms with E-state index in [1.54, 1.807) is 0 Å². The molecule has 0 saturated heterocycles. The molecule has 1 aromatic carbocycles. The van der Waals surface area contributed by atoms with Gasteiger partial charge in [-0.2, -0.15) is 0 Å². The topological polar surface area (TPSA) is 168 Å². The fourth-order valence-corrected chi connectivity index (χ4v) is 2.57. The van der Waals surface area contributed by atoms with E-state index in [1.807, 2.05) is 0 Å². The Morgan fingerprint density at radius 3 is 2.43 bits per heavy atom. The van der Waals surface area contributed by atoms with Crippen molar-refractivity contribution in [2.45, 2.75) is 4.90 Å². The first-order valence-electron chi connectivity index (χ1n) is 5.79. The maximum Gasteiger partial charge on any atom is 0.248 e. The van der Waals surface area contributed by atoms with Crippen LogP contribution in [0.4, 0.5) is 5.69 Å². The van der Waals surface area contributed by atoms with Gasteiger partial charge in [-0.05, 0) is 18.2 Å². The molecule has 0 unspecified atom stereocenters. The number of carbonyl (C=O) groups is 2. The molecule has 0 heterocycles. The molecule has 2 amide bonds. The molecule has 0 saturated carbocycles. The fourth-order valence-electron chi connectivity index (χ4n) is 1.45. The highest BCUT2D eigenvalue weighted by molar-refractivity contribution is 7.89. The van der Waals surface area contributed by atoms with E-state index in [0.717, 1.165) is 0 Å². The summed E-state index contributed by atoms with van der Waals surface area (Å²) in [5.41, 5.74) is 15.5. The molecule has 7 N–H and O–H groups in total. The van der Waals surface area contributed by atoms with Crippen LogP contribution in [0.15, 0.2) is 23.1 Å². The van der Waals surface area contributed by atoms with Gasteiger partial charge in [0.1, 0.15) is 11.5 Å². The van der Waals surface area contributed by atoms with Gasteiger partial charge in [0.25, 0.3) is 0 Å². The van der Waals surface area contributed by atoms with Crippen molar-refractivity contribution in [3.05, 3.63) is 23.8 Å². The minimum atomic E-state index is -3.86. The van der Waals surface area contributed by atoms with Crippen LogP contribution in [0, 0.1) is 0 Å². The molecule has 10 heteroatoms. The molecule has 0 fully saturated rings. The van der Waals surface area contributed by atoms with E-state index < -0.39 is 21.8 Å². The van der Waals surface area contributed by atoms with Gasteiger partial charge < -0.3 is 21.9 Å². The molecular weight excluding hydrogens is 300 g/mol. The number of hydrogen-bond acceptors (Lipinski definition) is 6. The lowest BCUT2D eigenvalue weighted by Gasteiger charge is -2.10. The summed E-state index contributed by atoms with van der Waals surface area (Å²) in [5.74, 6) is -1.36. The Morgan fingerprint density at radius 1 is 1.24 bits per heavy atom. The summed E-state index contributed by atoms with van der Waals surface area (Å²) >= 11 is 0. The quantitative estimate of drug-likeness (QED) is 0.324. The lowest BCUT2D eigenvalue weighted by molar-refractivity contribution is -0.122. The highest BCUT2D eigenvalue weighted by atomic mass is 32.2. The largest absolute Gasteiger partial charge is 0.398 e. The standard InChI is InChI=1S/C11H16N4O5S/c12-8-5-7(11(14)17)1-2-9(8)21(18,19)15-3-4-20-6-10(13)16/h1-2,5,15H,3-4,6,12H2,(H2,13,16)(H2,14,17). The van der Waals surface area contributed by atoms with Crippen LogP contribution in [0.3, 0.4) is 0 Å². The first-order chi connectivity index (χ1) is 9.74. The number of nitrogens with one attached hydrogen (secondary N) is 1. The molecule has 0 aliphatic carbocycles. The third-order valence-electron chi connectivity index (χ3n) is 2.37. The third kappa shape index (κ3) is 5.02. The molecular formula is C11H16N4O5S. The van der Waals surface area contributed by atoms with Gasteiger partial charge >= 0.3 is 0 Å². The highest BCUT2D eigenvalue weighted by Crippen LogP contribution is 2.19. The van der Waals surface area contributed by atoms with E-state index in [0.29, 0.717) is 0 Å². The summed E-state index contributed by atoms with van der Waals surface area (Å²) in [6.45, 7) is -0.384. The lowest BCUT2D eigenvalue weighted by atomic mass is 10.2. The predicted molar refractivity (Wildman–Crippen MR) is 74.6 cm³/mol. The molecule has 1 aromatic rings. The summed E-state index contributed by atoms with van der Waals surface area (Å²) in [7, 11) is -3.86. The van der Waals surface area contributed by atoms with Crippen LogP contribution < -0.4 is 21.9 Å². The summed E-state index contributed by atoms with van der Waals surface area (Å²) < 4.78 is 31.0. The molecule has 0 aromatic heterocycles. The second kappa shape index (κ2) is 7.02. The Hall–Kier alpha value is -2.17. The average Bonchev–Trinajstić information content (AvgIpc) is 2.37. The maximum atomic E-state index is 12.0. The van der Waals surface area contributed by atoms with E-state index in [1.165, 1.54) is 18.2 Å². The summed E-state index contributed by atoms with van der Waals surface area (Å²) in [6.07, 6.45) is 0. The number of carbonyl (C=O) groups excluding carboxylic acids is 2. The van der Waals surface area contributed by atoms with Crippen LogP contribution in [-0.4, -0.2) is 40.0 Å². The second-order valence-corrected chi connectivity index (χ2v) is 5.77. The zero-order valence-corrected chi connectivity index (χ0v) is 11.9. The molecule has 0 aliphatic heterocycles. The number of ether oxygens (including phenoxy) is 1. The van der Waals surface area contributed by atoms with Crippen LogP contribution in [-0.2, 0) is 19.6 Å². The molecule has 0 spiro atoms. The van der Waals surface area contributed by atoms with Crippen molar-refractivity contribution < 1.29 is 22.7 Å². The lowest BCUT2D eigenvalue weighted by Crippen LogP contribution is -2.29. The molecule has 0 bridgehead atoms. The van der Waals surface area contributed by atoms with Gasteiger partial charge in [-0.15, -0.1) is 0 Å². The minimum absolute atomic E-state index is 0.0263. The van der Waals surface area contributed by atoms with Gasteiger partial charge in [0, 0.05) is 12.1 Å². The van der Waals surface area contributed by atoms with Crippen molar-refractivity contribution in [2.75, 3.05) is 25.5 Å². The Labute approximate surface area is 121 Å². The predicted octanol–water partition coefficient (Wildman–Crippen LogP) is -1.85. The van der Waals surface area contributed by atoms with Crippen molar-refractivity contribution >= 4 is 27.5 Å². The van der Waals surface area contributed by atoms with Crippen molar-refractivity contribution in [1.82, 2.24) is 4.72 Å². The summed E-state index contributed by atoms with van der Waals surface area (Å²) in [6, 6.07) is 3.62. The second-order valence-electron chi connectivity index (χ2n) is 4.03. The van der Waals surface area contributed by atoms with Gasteiger partial charge in [-0.1, -0.05) is 0 Å². The van der Waals surface area contributed by atoms with Gasteiger partial charge in [0.05, 0.1) is 12.3 Å². The first kappa shape index (κ1) is 16.9. The molecule has 9 nitrogen and oxygen atoms in total. The Kier molecular flexibility index (Phi) is 5.64. The SMILES string of the molecule is NC(=O)COCCNS(=O)(=O)c1ccc(C(N)=O)cc1N. The molecule has 116 valence electrons. The monoisotopic (exact) mass is 316 g/mol. The van der Waals surface area contributed by atoms with Gasteiger partial charge in [0.15, 0.2) is 0 Å². The number of amides is 2. The highest BCUT2D eigenvalue weighted by Gasteiger charge is 2.18. The van der Waals surface area contributed by atoms with Crippen molar-refractivity contribution in [3.63, 3.8) is 0 Å². The fraction of sp³-hybridized carbons (Fsp3) is 0.273. The summed E-state index contributed by atoms with van der Waals surface area (Å²) in [4.78, 5) is 21.2. The van der Waals surface area contributed by atoms with Gasteiger partial charge in [0.2, 0.25) is 21.8 Å². The Balaban J connectivity index is 2.70. The number of hydrogen-bond donors (Lipinski definition) is 4. The normalized spacial score (nSPS) is 11.2. The molecule has 21 heavy (non-hydrogen) atoms. The van der Waals surface area contributed by atoms with Gasteiger partial charge in [-0.3, -0.25) is 9.59 Å². The minimum Gasteiger partial charge on any atom is -0.398 e. The molecule has 0 atom stereocenters. The number of nitrogen functional groups attached to an aromatic ring is 1. The molecule has 1 rings (SSSR count). The van der Waals surface area contributed by atoms with Crippen LogP contribution in [0.25, 0.3) is 0 Å². The zero-order chi connectivity index (χ0) is 16.0. The zero-order valence-electron chi connectivity index (χ0n) is 11.0.